The molecule has 2 amide bonds. The summed E-state index contributed by atoms with van der Waals surface area (Å²) in [5, 5.41) is 13.8. The molecule has 15 heteroatoms. The number of piperazine rings is 2. The van der Waals surface area contributed by atoms with Crippen LogP contribution in [0.15, 0.2) is 98.6 Å². The Bertz CT molecular complexity index is 3000. The zero-order valence-electron chi connectivity index (χ0n) is 33.6. The molecule has 0 unspecified atom stereocenters. The van der Waals surface area contributed by atoms with E-state index in [9.17, 15) is 14.7 Å². The van der Waals surface area contributed by atoms with E-state index in [0.717, 1.165) is 18.4 Å². The van der Waals surface area contributed by atoms with Gasteiger partial charge >= 0.3 is 0 Å². The van der Waals surface area contributed by atoms with E-state index in [1.807, 2.05) is 46.2 Å². The van der Waals surface area contributed by atoms with Gasteiger partial charge in [0, 0.05) is 75.9 Å². The van der Waals surface area contributed by atoms with Gasteiger partial charge in [-0.3, -0.25) is 19.6 Å². The lowest BCUT2D eigenvalue weighted by molar-refractivity contribution is -0.127. The van der Waals surface area contributed by atoms with Gasteiger partial charge < -0.3 is 24.7 Å². The number of hydrogen-bond acceptors (Lipinski definition) is 11. The number of aromatic hydroxyl groups is 1. The first-order chi connectivity index (χ1) is 30.2. The predicted molar refractivity (Wildman–Crippen MR) is 234 cm³/mol. The first-order valence-corrected chi connectivity index (χ1v) is 20.6. The lowest BCUT2D eigenvalue weighted by Crippen LogP contribution is -2.48. The van der Waals surface area contributed by atoms with Crippen molar-refractivity contribution in [1.29, 1.82) is 0 Å². The fourth-order valence-corrected chi connectivity index (χ4v) is 8.79. The zero-order valence-corrected chi connectivity index (χ0v) is 33.6. The maximum Gasteiger partial charge on any atom is 0.246 e. The minimum atomic E-state index is -0.744. The molecule has 1 saturated carbocycles. The van der Waals surface area contributed by atoms with Crippen LogP contribution in [0, 0.1) is 11.6 Å². The molecule has 7 aromatic rings. The number of aromatic nitrogens is 6. The van der Waals surface area contributed by atoms with Crippen LogP contribution in [-0.4, -0.2) is 109 Å². The van der Waals surface area contributed by atoms with Crippen LogP contribution in [0.3, 0.4) is 0 Å². The number of pyridine rings is 2. The Hall–Kier alpha value is -7.42. The number of carbonyl (C=O) groups is 2. The minimum Gasteiger partial charge on any atom is -0.507 e. The topological polar surface area (TPSA) is 145 Å². The van der Waals surface area contributed by atoms with E-state index in [4.69, 9.17) is 9.97 Å². The SMILES string of the molecule is C=CC(=O)N1CCN(c2nc(-c3cc(O)c(-c4ncc5c(N6CCN(C(=O)C=C)CC6)ncnc5c4F)c4ccccc34)nc3c(F)c(-c4ccccc4C4CC4)ncc23)CC1. The van der Waals surface area contributed by atoms with Crippen LogP contribution in [-0.2, 0) is 9.59 Å². The van der Waals surface area contributed by atoms with Crippen molar-refractivity contribution in [3.8, 4) is 39.7 Å². The van der Waals surface area contributed by atoms with E-state index in [0.29, 0.717) is 103 Å². The Morgan fingerprint density at radius 3 is 1.89 bits per heavy atom. The average Bonchev–Trinajstić information content (AvgIpc) is 4.17. The fourth-order valence-electron chi connectivity index (χ4n) is 8.79. The van der Waals surface area contributed by atoms with Gasteiger partial charge in [-0.15, -0.1) is 0 Å². The molecule has 62 heavy (non-hydrogen) atoms. The lowest BCUT2D eigenvalue weighted by Gasteiger charge is -2.35. The molecule has 1 N–H and O–H groups in total. The van der Waals surface area contributed by atoms with Crippen LogP contribution in [0.4, 0.5) is 20.4 Å². The Labute approximate surface area is 354 Å². The van der Waals surface area contributed by atoms with Crippen LogP contribution in [0.5, 0.6) is 5.75 Å². The molecule has 0 atom stereocenters. The molecule has 2 saturated heterocycles. The third-order valence-electron chi connectivity index (χ3n) is 12.1. The number of hydrogen-bond donors (Lipinski definition) is 1. The van der Waals surface area contributed by atoms with Gasteiger partial charge in [-0.2, -0.15) is 0 Å². The second-order valence-corrected chi connectivity index (χ2v) is 15.7. The molecular formula is C47H40F2N10O3. The highest BCUT2D eigenvalue weighted by atomic mass is 19.1. The van der Waals surface area contributed by atoms with Gasteiger partial charge in [-0.1, -0.05) is 61.7 Å². The van der Waals surface area contributed by atoms with Crippen LogP contribution in [0.1, 0.15) is 24.3 Å². The molecule has 2 aliphatic heterocycles. The smallest absolute Gasteiger partial charge is 0.246 e. The van der Waals surface area contributed by atoms with Crippen molar-refractivity contribution in [2.24, 2.45) is 0 Å². The van der Waals surface area contributed by atoms with E-state index in [-0.39, 0.29) is 51.4 Å². The van der Waals surface area contributed by atoms with Gasteiger partial charge in [0.1, 0.15) is 46.1 Å². The minimum absolute atomic E-state index is 0.0256. The van der Waals surface area contributed by atoms with Crippen LogP contribution < -0.4 is 9.80 Å². The summed E-state index contributed by atoms with van der Waals surface area (Å²) in [6.07, 6.45) is 9.05. The van der Waals surface area contributed by atoms with Crippen LogP contribution >= 0.6 is 0 Å². The third kappa shape index (κ3) is 6.60. The molecule has 0 radical (unpaired) electrons. The van der Waals surface area contributed by atoms with E-state index in [1.165, 1.54) is 30.7 Å². The quantitative estimate of drug-likeness (QED) is 0.157. The number of fused-ring (bicyclic) bond motifs is 3. The summed E-state index contributed by atoms with van der Waals surface area (Å²) in [5.41, 5.74) is 2.44. The number of phenolic OH excluding ortho intramolecular Hbond substituents is 1. The molecule has 6 heterocycles. The summed E-state index contributed by atoms with van der Waals surface area (Å²) < 4.78 is 34.0. The second-order valence-electron chi connectivity index (χ2n) is 15.7. The molecule has 4 aromatic heterocycles. The highest BCUT2D eigenvalue weighted by Crippen LogP contribution is 2.46. The second kappa shape index (κ2) is 15.6. The summed E-state index contributed by atoms with van der Waals surface area (Å²) in [4.78, 5) is 59.9. The normalized spacial score (nSPS) is 15.7. The van der Waals surface area contributed by atoms with Crippen molar-refractivity contribution in [3.05, 3.63) is 116 Å². The first-order valence-electron chi connectivity index (χ1n) is 20.6. The van der Waals surface area contributed by atoms with Gasteiger partial charge in [0.25, 0.3) is 0 Å². The molecule has 10 rings (SSSR count). The molecule has 3 aliphatic rings. The van der Waals surface area contributed by atoms with Crippen LogP contribution in [0.25, 0.3) is 66.5 Å². The number of nitrogens with zero attached hydrogens (tertiary/aromatic N) is 10. The summed E-state index contributed by atoms with van der Waals surface area (Å²) in [6, 6.07) is 16.4. The number of phenols is 1. The zero-order chi connectivity index (χ0) is 42.6. The molecule has 0 spiro atoms. The molecule has 3 aromatic carbocycles. The van der Waals surface area contributed by atoms with Crippen LogP contribution in [0.2, 0.25) is 0 Å². The van der Waals surface area contributed by atoms with Gasteiger partial charge in [0.05, 0.1) is 16.3 Å². The van der Waals surface area contributed by atoms with E-state index in [2.05, 4.69) is 33.1 Å². The Morgan fingerprint density at radius 2 is 1.23 bits per heavy atom. The lowest BCUT2D eigenvalue weighted by atomic mass is 9.95. The number of amides is 2. The number of rotatable bonds is 8. The van der Waals surface area contributed by atoms with Crippen molar-refractivity contribution in [2.75, 3.05) is 62.2 Å². The first kappa shape index (κ1) is 38.8. The largest absolute Gasteiger partial charge is 0.507 e. The maximum absolute atomic E-state index is 17.2. The number of benzene rings is 3. The predicted octanol–water partition coefficient (Wildman–Crippen LogP) is 7.05. The third-order valence-corrected chi connectivity index (χ3v) is 12.1. The fraction of sp³-hybridized carbons (Fsp3) is 0.234. The molecule has 310 valence electrons. The summed E-state index contributed by atoms with van der Waals surface area (Å²) in [5.74, 6) is -0.553. The summed E-state index contributed by atoms with van der Waals surface area (Å²) >= 11 is 0. The molecule has 1 aliphatic carbocycles. The van der Waals surface area contributed by atoms with Gasteiger partial charge in [-0.05, 0) is 53.3 Å². The van der Waals surface area contributed by atoms with E-state index < -0.39 is 11.6 Å². The van der Waals surface area contributed by atoms with Gasteiger partial charge in [0.2, 0.25) is 11.8 Å². The van der Waals surface area contributed by atoms with E-state index >= 15 is 8.78 Å². The van der Waals surface area contributed by atoms with E-state index in [1.54, 1.807) is 28.1 Å². The average molecular weight is 831 g/mol. The Balaban J connectivity index is 1.10. The Kier molecular flexibility index (Phi) is 9.73. The van der Waals surface area contributed by atoms with Crippen molar-refractivity contribution in [3.63, 3.8) is 0 Å². The van der Waals surface area contributed by atoms with Crippen molar-refractivity contribution in [2.45, 2.75) is 18.8 Å². The molecule has 13 nitrogen and oxygen atoms in total. The van der Waals surface area contributed by atoms with Gasteiger partial charge in [-0.25, -0.2) is 28.7 Å². The molecular weight excluding hydrogens is 791 g/mol. The standard InChI is InChI=1S/C47H40F2N10O3/c1-3-36(61)56-15-19-58(20-16-56)46-33-24-51-44(40(49)42(33)52-26-53-46)38-30-11-7-6-10-29(30)32(23-35(38)60)45-54-43-34(47(55-45)59-21-17-57(18-22-59)37(62)4-2)25-50-41(39(43)48)31-12-8-5-9-28(31)27-13-14-27/h3-12,23-27,60H,1-2,13-22H2. The monoisotopic (exact) mass is 830 g/mol. The van der Waals surface area contributed by atoms with Crippen molar-refractivity contribution < 1.29 is 23.5 Å². The van der Waals surface area contributed by atoms with Crippen molar-refractivity contribution >= 4 is 56.0 Å². The number of carbonyl (C=O) groups excluding carboxylic acids is 2. The maximum atomic E-state index is 17.2. The summed E-state index contributed by atoms with van der Waals surface area (Å²) in [6.45, 7) is 10.7. The Morgan fingerprint density at radius 1 is 0.645 bits per heavy atom. The molecule has 3 fully saturated rings. The summed E-state index contributed by atoms with van der Waals surface area (Å²) in [7, 11) is 0. The molecule has 0 bridgehead atoms. The highest BCUT2D eigenvalue weighted by Gasteiger charge is 2.31. The highest BCUT2D eigenvalue weighted by molar-refractivity contribution is 6.08. The number of anilines is 2. The van der Waals surface area contributed by atoms with Crippen molar-refractivity contribution in [1.82, 2.24) is 39.7 Å². The van der Waals surface area contributed by atoms with Gasteiger partial charge in [0.15, 0.2) is 17.5 Å². The number of halogens is 2.